The molecule has 0 fully saturated rings. The van der Waals surface area contributed by atoms with Crippen molar-refractivity contribution >= 4 is 17.7 Å². The molecule has 0 spiro atoms. The van der Waals surface area contributed by atoms with Crippen molar-refractivity contribution in [2.75, 3.05) is 24.6 Å². The molecule has 7 heteroatoms. The van der Waals surface area contributed by atoms with Crippen LogP contribution in [0.5, 0.6) is 5.75 Å². The van der Waals surface area contributed by atoms with Gasteiger partial charge in [0, 0.05) is 25.2 Å². The number of nitrogens with one attached hydrogen (secondary N) is 1. The van der Waals surface area contributed by atoms with Crippen LogP contribution in [0.1, 0.15) is 27.2 Å². The predicted octanol–water partition coefficient (Wildman–Crippen LogP) is 1.72. The molecule has 7 nitrogen and oxygen atoms in total. The fourth-order valence-electron chi connectivity index (χ4n) is 2.05. The zero-order valence-corrected chi connectivity index (χ0v) is 13.1. The first-order valence-electron chi connectivity index (χ1n) is 7.21. The predicted molar refractivity (Wildman–Crippen MR) is 80.9 cm³/mol. The summed E-state index contributed by atoms with van der Waals surface area (Å²) in [5.74, 6) is 0.559. The van der Waals surface area contributed by atoms with E-state index in [1.165, 1.54) is 0 Å². The summed E-state index contributed by atoms with van der Waals surface area (Å²) in [5.41, 5.74) is 0.110. The lowest BCUT2D eigenvalue weighted by atomic mass is 10.2. The Balaban J connectivity index is 1.85. The number of pyridine rings is 1. The molecule has 2 amide bonds. The minimum Gasteiger partial charge on any atom is -0.489 e. The van der Waals surface area contributed by atoms with Crippen molar-refractivity contribution in [1.82, 2.24) is 10.3 Å². The third-order valence-electron chi connectivity index (χ3n) is 2.93. The van der Waals surface area contributed by atoms with Gasteiger partial charge in [0.15, 0.2) is 0 Å². The number of amides is 2. The Morgan fingerprint density at radius 1 is 1.45 bits per heavy atom. The number of rotatable bonds is 3. The Hall–Kier alpha value is -2.31. The zero-order valence-electron chi connectivity index (χ0n) is 13.1. The standard InChI is InChI=1S/C15H21N3O4/c1-15(2,3)22-14(20)17-7-5-13(19)18-8-9-21-12-4-6-16-10-11(12)18/h4,6,10H,5,7-9H2,1-3H3,(H,17,20). The molecule has 0 saturated heterocycles. The van der Waals surface area contributed by atoms with Gasteiger partial charge in [0.25, 0.3) is 0 Å². The van der Waals surface area contributed by atoms with E-state index in [1.807, 2.05) is 0 Å². The Morgan fingerprint density at radius 3 is 2.95 bits per heavy atom. The van der Waals surface area contributed by atoms with E-state index < -0.39 is 11.7 Å². The van der Waals surface area contributed by atoms with Crippen LogP contribution in [0, 0.1) is 0 Å². The highest BCUT2D eigenvalue weighted by Crippen LogP contribution is 2.30. The lowest BCUT2D eigenvalue weighted by Gasteiger charge is -2.29. The van der Waals surface area contributed by atoms with E-state index in [0.717, 1.165) is 0 Å². The number of hydrogen-bond donors (Lipinski definition) is 1. The number of aromatic nitrogens is 1. The highest BCUT2D eigenvalue weighted by Gasteiger charge is 2.23. The maximum Gasteiger partial charge on any atom is 0.407 e. The van der Waals surface area contributed by atoms with E-state index in [1.54, 1.807) is 44.1 Å². The molecule has 22 heavy (non-hydrogen) atoms. The number of fused-ring (bicyclic) bond motifs is 1. The van der Waals surface area contributed by atoms with Gasteiger partial charge in [0.2, 0.25) is 5.91 Å². The van der Waals surface area contributed by atoms with Crippen LogP contribution in [0.4, 0.5) is 10.5 Å². The van der Waals surface area contributed by atoms with Crippen molar-refractivity contribution in [1.29, 1.82) is 0 Å². The van der Waals surface area contributed by atoms with Gasteiger partial charge in [0.05, 0.1) is 12.7 Å². The molecule has 2 rings (SSSR count). The Morgan fingerprint density at radius 2 is 2.23 bits per heavy atom. The summed E-state index contributed by atoms with van der Waals surface area (Å²) in [4.78, 5) is 29.4. The molecule has 1 N–H and O–H groups in total. The van der Waals surface area contributed by atoms with Crippen LogP contribution in [0.15, 0.2) is 18.5 Å². The molecule has 0 radical (unpaired) electrons. The fourth-order valence-corrected chi connectivity index (χ4v) is 2.05. The Labute approximate surface area is 129 Å². The van der Waals surface area contributed by atoms with Gasteiger partial charge in [-0.1, -0.05) is 0 Å². The second-order valence-corrected chi connectivity index (χ2v) is 5.92. The number of anilines is 1. The summed E-state index contributed by atoms with van der Waals surface area (Å²) in [6.07, 6.45) is 2.89. The summed E-state index contributed by atoms with van der Waals surface area (Å²) < 4.78 is 10.6. The average molecular weight is 307 g/mol. The normalized spacial score (nSPS) is 13.9. The van der Waals surface area contributed by atoms with Crippen molar-refractivity contribution in [3.63, 3.8) is 0 Å². The summed E-state index contributed by atoms with van der Waals surface area (Å²) in [5, 5.41) is 2.58. The van der Waals surface area contributed by atoms with Gasteiger partial charge in [-0.15, -0.1) is 0 Å². The Kier molecular flexibility index (Phi) is 4.85. The van der Waals surface area contributed by atoms with Crippen LogP contribution in [-0.4, -0.2) is 42.3 Å². The summed E-state index contributed by atoms with van der Waals surface area (Å²) in [7, 11) is 0. The summed E-state index contributed by atoms with van der Waals surface area (Å²) in [6, 6.07) is 1.73. The van der Waals surface area contributed by atoms with E-state index in [9.17, 15) is 9.59 Å². The molecule has 1 aliphatic heterocycles. The molecule has 2 heterocycles. The number of carbonyl (C=O) groups excluding carboxylic acids is 2. The Bertz CT molecular complexity index is 554. The van der Waals surface area contributed by atoms with Gasteiger partial charge in [-0.2, -0.15) is 0 Å². The van der Waals surface area contributed by atoms with Gasteiger partial charge < -0.3 is 19.7 Å². The first-order chi connectivity index (χ1) is 10.4. The molecular weight excluding hydrogens is 286 g/mol. The van der Waals surface area contributed by atoms with Crippen molar-refractivity contribution < 1.29 is 19.1 Å². The van der Waals surface area contributed by atoms with Crippen LogP contribution in [-0.2, 0) is 9.53 Å². The molecular formula is C15H21N3O4. The molecule has 0 bridgehead atoms. The largest absolute Gasteiger partial charge is 0.489 e. The van der Waals surface area contributed by atoms with Gasteiger partial charge in [-0.3, -0.25) is 9.78 Å². The molecule has 0 aromatic carbocycles. The zero-order chi connectivity index (χ0) is 16.2. The molecule has 1 aromatic heterocycles. The first-order valence-corrected chi connectivity index (χ1v) is 7.21. The van der Waals surface area contributed by atoms with Crippen molar-refractivity contribution in [3.05, 3.63) is 18.5 Å². The van der Waals surface area contributed by atoms with Crippen LogP contribution in [0.25, 0.3) is 0 Å². The highest BCUT2D eigenvalue weighted by atomic mass is 16.6. The molecule has 0 aliphatic carbocycles. The van der Waals surface area contributed by atoms with E-state index in [4.69, 9.17) is 9.47 Å². The van der Waals surface area contributed by atoms with E-state index in [0.29, 0.717) is 24.6 Å². The maximum absolute atomic E-state index is 12.3. The van der Waals surface area contributed by atoms with Crippen molar-refractivity contribution in [2.24, 2.45) is 0 Å². The van der Waals surface area contributed by atoms with E-state index in [-0.39, 0.29) is 18.9 Å². The first kappa shape index (κ1) is 16.1. The lowest BCUT2D eigenvalue weighted by Crippen LogP contribution is -2.40. The topological polar surface area (TPSA) is 80.8 Å². The van der Waals surface area contributed by atoms with Crippen molar-refractivity contribution in [3.8, 4) is 5.75 Å². The molecule has 0 saturated carbocycles. The van der Waals surface area contributed by atoms with Crippen molar-refractivity contribution in [2.45, 2.75) is 32.8 Å². The number of carbonyl (C=O) groups is 2. The monoisotopic (exact) mass is 307 g/mol. The van der Waals surface area contributed by atoms with E-state index >= 15 is 0 Å². The summed E-state index contributed by atoms with van der Waals surface area (Å²) >= 11 is 0. The van der Waals surface area contributed by atoms with Gasteiger partial charge >= 0.3 is 6.09 Å². The number of hydrogen-bond acceptors (Lipinski definition) is 5. The second kappa shape index (κ2) is 6.64. The third-order valence-corrected chi connectivity index (χ3v) is 2.93. The molecule has 120 valence electrons. The van der Waals surface area contributed by atoms with Gasteiger partial charge in [0.1, 0.15) is 23.6 Å². The van der Waals surface area contributed by atoms with Gasteiger partial charge in [-0.25, -0.2) is 4.79 Å². The van der Waals surface area contributed by atoms with Crippen LogP contribution in [0.2, 0.25) is 0 Å². The van der Waals surface area contributed by atoms with E-state index in [2.05, 4.69) is 10.3 Å². The molecule has 0 atom stereocenters. The summed E-state index contributed by atoms with van der Waals surface area (Å²) in [6.45, 7) is 6.51. The molecule has 1 aromatic rings. The average Bonchev–Trinajstić information content (AvgIpc) is 2.44. The third kappa shape index (κ3) is 4.34. The fraction of sp³-hybridized carbons (Fsp3) is 0.533. The van der Waals surface area contributed by atoms with Crippen LogP contribution >= 0.6 is 0 Å². The highest BCUT2D eigenvalue weighted by molar-refractivity contribution is 5.95. The molecule has 0 unspecified atom stereocenters. The molecule has 1 aliphatic rings. The lowest BCUT2D eigenvalue weighted by molar-refractivity contribution is -0.118. The van der Waals surface area contributed by atoms with Gasteiger partial charge in [-0.05, 0) is 20.8 Å². The van der Waals surface area contributed by atoms with Crippen LogP contribution < -0.4 is 15.0 Å². The quantitative estimate of drug-likeness (QED) is 0.919. The number of alkyl carbamates (subject to hydrolysis) is 1. The number of nitrogens with zero attached hydrogens (tertiary/aromatic N) is 2. The SMILES string of the molecule is CC(C)(C)OC(=O)NCCC(=O)N1CCOc2ccncc21. The van der Waals surface area contributed by atoms with Crippen LogP contribution in [0.3, 0.4) is 0 Å². The minimum absolute atomic E-state index is 0.0893. The maximum atomic E-state index is 12.3. The smallest absolute Gasteiger partial charge is 0.407 e. The number of ether oxygens (including phenoxy) is 2. The minimum atomic E-state index is -0.553. The second-order valence-electron chi connectivity index (χ2n) is 5.92.